The molecule has 16 heavy (non-hydrogen) atoms. The summed E-state index contributed by atoms with van der Waals surface area (Å²) in [5.41, 5.74) is -0.478. The van der Waals surface area contributed by atoms with Crippen molar-refractivity contribution in [2.45, 2.75) is 38.3 Å². The summed E-state index contributed by atoms with van der Waals surface area (Å²) in [6.07, 6.45) is 1.35. The van der Waals surface area contributed by atoms with Crippen LogP contribution in [0, 0.1) is 0 Å². The molecule has 1 fully saturated rings. The van der Waals surface area contributed by atoms with Crippen molar-refractivity contribution in [2.24, 2.45) is 0 Å². The Morgan fingerprint density at radius 2 is 2.06 bits per heavy atom. The van der Waals surface area contributed by atoms with Gasteiger partial charge in [-0.2, -0.15) is 0 Å². The van der Waals surface area contributed by atoms with Crippen molar-refractivity contribution < 1.29 is 14.6 Å². The van der Waals surface area contributed by atoms with Gasteiger partial charge in [-0.25, -0.2) is 0 Å². The molecule has 1 aliphatic rings. The average Bonchev–Trinajstić information content (AvgIpc) is 2.28. The summed E-state index contributed by atoms with van der Waals surface area (Å²) in [6.45, 7) is 5.44. The van der Waals surface area contributed by atoms with E-state index in [0.717, 1.165) is 0 Å². The van der Waals surface area contributed by atoms with Gasteiger partial charge in [0.15, 0.2) is 0 Å². The lowest BCUT2D eigenvalue weighted by atomic mass is 9.91. The molecule has 0 saturated carbocycles. The molecule has 0 atom stereocenters. The van der Waals surface area contributed by atoms with Crippen molar-refractivity contribution in [3.05, 3.63) is 0 Å². The van der Waals surface area contributed by atoms with Gasteiger partial charge in [0.25, 0.3) is 0 Å². The van der Waals surface area contributed by atoms with Crippen molar-refractivity contribution in [3.8, 4) is 0 Å². The van der Waals surface area contributed by atoms with Crippen LogP contribution in [0.5, 0.6) is 0 Å². The van der Waals surface area contributed by atoms with Gasteiger partial charge >= 0.3 is 0 Å². The van der Waals surface area contributed by atoms with E-state index in [4.69, 9.17) is 4.74 Å². The highest BCUT2D eigenvalue weighted by Gasteiger charge is 2.33. The monoisotopic (exact) mass is 230 g/mol. The molecular formula is C11H22N2O3. The van der Waals surface area contributed by atoms with E-state index in [1.165, 1.54) is 0 Å². The lowest BCUT2D eigenvalue weighted by Gasteiger charge is -2.36. The molecule has 0 radical (unpaired) electrons. The number of carbonyl (C=O) groups excluding carboxylic acids is 1. The summed E-state index contributed by atoms with van der Waals surface area (Å²) in [5.74, 6) is -0.0651. The summed E-state index contributed by atoms with van der Waals surface area (Å²) in [7, 11) is 0. The molecule has 5 nitrogen and oxygen atoms in total. The van der Waals surface area contributed by atoms with Crippen LogP contribution in [0.4, 0.5) is 0 Å². The highest BCUT2D eigenvalue weighted by atomic mass is 16.5. The van der Waals surface area contributed by atoms with Gasteiger partial charge in [-0.1, -0.05) is 13.8 Å². The van der Waals surface area contributed by atoms with Crippen molar-refractivity contribution in [2.75, 3.05) is 26.4 Å². The Bertz CT molecular complexity index is 225. The minimum atomic E-state index is -0.478. The van der Waals surface area contributed by atoms with Crippen LogP contribution in [-0.2, 0) is 9.53 Å². The second-order valence-electron chi connectivity index (χ2n) is 4.63. The van der Waals surface area contributed by atoms with E-state index in [0.29, 0.717) is 32.6 Å². The summed E-state index contributed by atoms with van der Waals surface area (Å²) in [6, 6.07) is 0.283. The number of rotatable bonds is 5. The standard InChI is InChI=1S/C11H22N2O3/c1-9(2)12-7-10(15)13-11(8-14)3-5-16-6-4-11/h9,12,14H,3-8H2,1-2H3,(H,13,15). The van der Waals surface area contributed by atoms with Crippen LogP contribution in [0.25, 0.3) is 0 Å². The fourth-order valence-electron chi connectivity index (χ4n) is 1.72. The molecule has 1 saturated heterocycles. The quantitative estimate of drug-likeness (QED) is 0.603. The zero-order chi connectivity index (χ0) is 12.0. The highest BCUT2D eigenvalue weighted by Crippen LogP contribution is 2.19. The number of aliphatic hydroxyl groups excluding tert-OH is 1. The molecule has 0 aromatic rings. The van der Waals surface area contributed by atoms with Gasteiger partial charge in [0.05, 0.1) is 18.7 Å². The lowest BCUT2D eigenvalue weighted by molar-refractivity contribution is -0.124. The first-order valence-electron chi connectivity index (χ1n) is 5.81. The molecule has 0 unspecified atom stereocenters. The van der Waals surface area contributed by atoms with E-state index in [1.807, 2.05) is 13.8 Å². The maximum absolute atomic E-state index is 11.7. The number of ether oxygens (including phenoxy) is 1. The minimum Gasteiger partial charge on any atom is -0.394 e. The zero-order valence-corrected chi connectivity index (χ0v) is 10.1. The van der Waals surface area contributed by atoms with Crippen LogP contribution >= 0.6 is 0 Å². The number of hydrogen-bond donors (Lipinski definition) is 3. The van der Waals surface area contributed by atoms with Gasteiger partial charge in [-0.3, -0.25) is 4.79 Å². The lowest BCUT2D eigenvalue weighted by Crippen LogP contribution is -2.56. The van der Waals surface area contributed by atoms with Crippen LogP contribution in [0.2, 0.25) is 0 Å². The van der Waals surface area contributed by atoms with Gasteiger partial charge in [0, 0.05) is 19.3 Å². The van der Waals surface area contributed by atoms with Crippen molar-refractivity contribution in [3.63, 3.8) is 0 Å². The predicted molar refractivity (Wildman–Crippen MR) is 61.2 cm³/mol. The van der Waals surface area contributed by atoms with E-state index in [2.05, 4.69) is 10.6 Å². The molecular weight excluding hydrogens is 208 g/mol. The smallest absolute Gasteiger partial charge is 0.234 e. The summed E-state index contributed by atoms with van der Waals surface area (Å²) >= 11 is 0. The summed E-state index contributed by atoms with van der Waals surface area (Å²) in [5, 5.41) is 15.3. The van der Waals surface area contributed by atoms with Gasteiger partial charge in [0.2, 0.25) is 5.91 Å². The fraction of sp³-hybridized carbons (Fsp3) is 0.909. The third kappa shape index (κ3) is 4.08. The van der Waals surface area contributed by atoms with Gasteiger partial charge < -0.3 is 20.5 Å². The molecule has 3 N–H and O–H groups in total. The van der Waals surface area contributed by atoms with Crippen molar-refractivity contribution in [1.29, 1.82) is 0 Å². The maximum atomic E-state index is 11.7. The number of aliphatic hydroxyl groups is 1. The second kappa shape index (κ2) is 6.18. The molecule has 94 valence electrons. The maximum Gasteiger partial charge on any atom is 0.234 e. The fourth-order valence-corrected chi connectivity index (χ4v) is 1.72. The molecule has 0 aromatic carbocycles. The van der Waals surface area contributed by atoms with Crippen molar-refractivity contribution in [1.82, 2.24) is 10.6 Å². The van der Waals surface area contributed by atoms with E-state index in [9.17, 15) is 9.90 Å². The van der Waals surface area contributed by atoms with E-state index < -0.39 is 5.54 Å². The zero-order valence-electron chi connectivity index (χ0n) is 10.1. The van der Waals surface area contributed by atoms with E-state index in [1.54, 1.807) is 0 Å². The Balaban J connectivity index is 2.39. The molecule has 5 heteroatoms. The first-order valence-corrected chi connectivity index (χ1v) is 5.81. The summed E-state index contributed by atoms with van der Waals surface area (Å²) < 4.78 is 5.23. The Morgan fingerprint density at radius 1 is 1.44 bits per heavy atom. The number of carbonyl (C=O) groups is 1. The Hall–Kier alpha value is -0.650. The predicted octanol–water partition coefficient (Wildman–Crippen LogP) is -0.358. The molecule has 0 spiro atoms. The molecule has 0 aromatic heterocycles. The Kier molecular flexibility index (Phi) is 5.18. The number of amides is 1. The van der Waals surface area contributed by atoms with Crippen LogP contribution in [0.1, 0.15) is 26.7 Å². The Labute approximate surface area is 96.6 Å². The molecule has 0 bridgehead atoms. The molecule has 1 rings (SSSR count). The van der Waals surface area contributed by atoms with Gasteiger partial charge in [-0.05, 0) is 12.8 Å². The molecule has 1 heterocycles. The topological polar surface area (TPSA) is 70.6 Å². The first kappa shape index (κ1) is 13.4. The first-order chi connectivity index (χ1) is 7.58. The largest absolute Gasteiger partial charge is 0.394 e. The van der Waals surface area contributed by atoms with Gasteiger partial charge in [0.1, 0.15) is 0 Å². The normalized spacial score (nSPS) is 19.8. The van der Waals surface area contributed by atoms with E-state index >= 15 is 0 Å². The van der Waals surface area contributed by atoms with Crippen LogP contribution in [-0.4, -0.2) is 49.0 Å². The minimum absolute atomic E-state index is 0.0240. The van der Waals surface area contributed by atoms with Gasteiger partial charge in [-0.15, -0.1) is 0 Å². The third-order valence-corrected chi connectivity index (χ3v) is 2.83. The Morgan fingerprint density at radius 3 is 2.56 bits per heavy atom. The molecule has 0 aliphatic carbocycles. The SMILES string of the molecule is CC(C)NCC(=O)NC1(CO)CCOCC1. The summed E-state index contributed by atoms with van der Waals surface area (Å²) in [4.78, 5) is 11.7. The number of hydrogen-bond acceptors (Lipinski definition) is 4. The van der Waals surface area contributed by atoms with E-state index in [-0.39, 0.29) is 18.6 Å². The molecule has 1 aliphatic heterocycles. The third-order valence-electron chi connectivity index (χ3n) is 2.83. The van der Waals surface area contributed by atoms with Crippen LogP contribution in [0.15, 0.2) is 0 Å². The second-order valence-corrected chi connectivity index (χ2v) is 4.63. The van der Waals surface area contributed by atoms with Crippen molar-refractivity contribution >= 4 is 5.91 Å². The molecule has 1 amide bonds. The highest BCUT2D eigenvalue weighted by molar-refractivity contribution is 5.78. The van der Waals surface area contributed by atoms with Crippen LogP contribution in [0.3, 0.4) is 0 Å². The average molecular weight is 230 g/mol. The van der Waals surface area contributed by atoms with Crippen LogP contribution < -0.4 is 10.6 Å². The number of nitrogens with one attached hydrogen (secondary N) is 2.